The first-order chi connectivity index (χ1) is 13.3. The molecule has 5 heteroatoms. The van der Waals surface area contributed by atoms with Crippen molar-refractivity contribution in [1.29, 1.82) is 0 Å². The Morgan fingerprint density at radius 1 is 0.704 bits per heavy atom. The van der Waals surface area contributed by atoms with Crippen LogP contribution in [0.5, 0.6) is 11.5 Å². The SMILES string of the molecule is Nc1nc(Nc2ccc(Oc3ccccc3)cc2)cc(-c2ccccc2)n1. The van der Waals surface area contributed by atoms with Crippen LogP contribution in [0.15, 0.2) is 91.0 Å². The number of nitrogens with two attached hydrogens (primary N) is 1. The van der Waals surface area contributed by atoms with E-state index in [2.05, 4.69) is 15.3 Å². The van der Waals surface area contributed by atoms with Gasteiger partial charge in [0.15, 0.2) is 0 Å². The molecular weight excluding hydrogens is 336 g/mol. The highest BCUT2D eigenvalue weighted by Gasteiger charge is 2.05. The first kappa shape index (κ1) is 16.6. The average Bonchev–Trinajstić information content (AvgIpc) is 2.71. The molecular formula is C22H18N4O. The fraction of sp³-hybridized carbons (Fsp3) is 0. The molecule has 27 heavy (non-hydrogen) atoms. The summed E-state index contributed by atoms with van der Waals surface area (Å²) in [6.45, 7) is 0. The number of aromatic nitrogens is 2. The number of nitrogens with one attached hydrogen (secondary N) is 1. The van der Waals surface area contributed by atoms with Crippen LogP contribution >= 0.6 is 0 Å². The molecule has 0 fully saturated rings. The van der Waals surface area contributed by atoms with Gasteiger partial charge in [-0.3, -0.25) is 0 Å². The molecule has 0 spiro atoms. The van der Waals surface area contributed by atoms with Gasteiger partial charge in [-0.2, -0.15) is 4.98 Å². The van der Waals surface area contributed by atoms with Crippen molar-refractivity contribution in [2.75, 3.05) is 11.1 Å². The minimum Gasteiger partial charge on any atom is -0.457 e. The summed E-state index contributed by atoms with van der Waals surface area (Å²) in [5.74, 6) is 2.43. The molecule has 0 aliphatic rings. The second-order valence-electron chi connectivity index (χ2n) is 5.93. The first-order valence-corrected chi connectivity index (χ1v) is 8.56. The Bertz CT molecular complexity index is 1020. The molecule has 1 heterocycles. The number of anilines is 3. The lowest BCUT2D eigenvalue weighted by molar-refractivity contribution is 0.483. The number of ether oxygens (including phenoxy) is 1. The molecule has 0 aliphatic heterocycles. The third-order valence-electron chi connectivity index (χ3n) is 3.92. The molecule has 4 aromatic rings. The molecule has 0 aliphatic carbocycles. The summed E-state index contributed by atoms with van der Waals surface area (Å²) < 4.78 is 5.81. The number of hydrogen-bond acceptors (Lipinski definition) is 5. The first-order valence-electron chi connectivity index (χ1n) is 8.56. The van der Waals surface area contributed by atoms with Crippen molar-refractivity contribution in [3.05, 3.63) is 91.0 Å². The van der Waals surface area contributed by atoms with Gasteiger partial charge in [0, 0.05) is 17.3 Å². The predicted molar refractivity (Wildman–Crippen MR) is 108 cm³/mol. The molecule has 3 N–H and O–H groups in total. The summed E-state index contributed by atoms with van der Waals surface area (Å²) in [5.41, 5.74) is 8.52. The van der Waals surface area contributed by atoms with E-state index in [-0.39, 0.29) is 5.95 Å². The Hall–Kier alpha value is -3.86. The van der Waals surface area contributed by atoms with Crippen LogP contribution in [0.25, 0.3) is 11.3 Å². The van der Waals surface area contributed by atoms with Gasteiger partial charge in [-0.1, -0.05) is 48.5 Å². The molecule has 3 aromatic carbocycles. The molecule has 132 valence electrons. The van der Waals surface area contributed by atoms with Crippen LogP contribution in [0.2, 0.25) is 0 Å². The third-order valence-corrected chi connectivity index (χ3v) is 3.92. The molecule has 0 saturated heterocycles. The molecule has 4 rings (SSSR count). The Morgan fingerprint density at radius 3 is 2.04 bits per heavy atom. The number of hydrogen-bond donors (Lipinski definition) is 2. The predicted octanol–water partition coefficient (Wildman–Crippen LogP) is 5.26. The maximum Gasteiger partial charge on any atom is 0.222 e. The van der Waals surface area contributed by atoms with Gasteiger partial charge >= 0.3 is 0 Å². The Morgan fingerprint density at radius 2 is 1.33 bits per heavy atom. The summed E-state index contributed by atoms with van der Waals surface area (Å²) in [6.07, 6.45) is 0. The van der Waals surface area contributed by atoms with E-state index in [0.717, 1.165) is 28.4 Å². The van der Waals surface area contributed by atoms with E-state index in [4.69, 9.17) is 10.5 Å². The lowest BCUT2D eigenvalue weighted by atomic mass is 10.1. The zero-order valence-corrected chi connectivity index (χ0v) is 14.5. The van der Waals surface area contributed by atoms with Crippen LogP contribution < -0.4 is 15.8 Å². The average molecular weight is 354 g/mol. The highest BCUT2D eigenvalue weighted by molar-refractivity contribution is 5.67. The van der Waals surface area contributed by atoms with Crippen molar-refractivity contribution < 1.29 is 4.74 Å². The van der Waals surface area contributed by atoms with E-state index in [9.17, 15) is 0 Å². The molecule has 0 bridgehead atoms. The minimum atomic E-state index is 0.225. The van der Waals surface area contributed by atoms with Crippen molar-refractivity contribution in [3.63, 3.8) is 0 Å². The number of benzene rings is 3. The summed E-state index contributed by atoms with van der Waals surface area (Å²) in [5, 5.41) is 3.26. The van der Waals surface area contributed by atoms with E-state index in [1.807, 2.05) is 91.0 Å². The molecule has 0 radical (unpaired) electrons. The molecule has 0 saturated carbocycles. The van der Waals surface area contributed by atoms with E-state index in [1.54, 1.807) is 0 Å². The van der Waals surface area contributed by atoms with Gasteiger partial charge < -0.3 is 15.8 Å². The monoisotopic (exact) mass is 354 g/mol. The largest absolute Gasteiger partial charge is 0.457 e. The summed E-state index contributed by atoms with van der Waals surface area (Å²) >= 11 is 0. The van der Waals surface area contributed by atoms with E-state index in [1.165, 1.54) is 0 Å². The number of para-hydroxylation sites is 1. The van der Waals surface area contributed by atoms with Crippen molar-refractivity contribution >= 4 is 17.5 Å². The highest BCUT2D eigenvalue weighted by atomic mass is 16.5. The van der Waals surface area contributed by atoms with Crippen LogP contribution in [-0.4, -0.2) is 9.97 Å². The summed E-state index contributed by atoms with van der Waals surface area (Å²) in [6, 6.07) is 29.1. The minimum absolute atomic E-state index is 0.225. The Labute approximate surface area is 157 Å². The van der Waals surface area contributed by atoms with Crippen LogP contribution in [0.1, 0.15) is 0 Å². The number of nitrogen functional groups attached to an aromatic ring is 1. The maximum atomic E-state index is 5.88. The molecule has 0 amide bonds. The lowest BCUT2D eigenvalue weighted by Crippen LogP contribution is -2.01. The van der Waals surface area contributed by atoms with Crippen LogP contribution in [0, 0.1) is 0 Å². The third kappa shape index (κ3) is 4.22. The van der Waals surface area contributed by atoms with Gasteiger partial charge in [-0.05, 0) is 36.4 Å². The molecule has 5 nitrogen and oxygen atoms in total. The summed E-state index contributed by atoms with van der Waals surface area (Å²) in [7, 11) is 0. The molecule has 0 unspecified atom stereocenters. The zero-order chi connectivity index (χ0) is 18.5. The number of nitrogens with zero attached hydrogens (tertiary/aromatic N) is 2. The standard InChI is InChI=1S/C22H18N4O/c23-22-25-20(16-7-3-1-4-8-16)15-21(26-22)24-17-11-13-19(14-12-17)27-18-9-5-2-6-10-18/h1-15H,(H3,23,24,25,26). The quantitative estimate of drug-likeness (QED) is 0.511. The van der Waals surface area contributed by atoms with Gasteiger partial charge in [0.05, 0.1) is 5.69 Å². The van der Waals surface area contributed by atoms with Gasteiger partial charge in [0.1, 0.15) is 17.3 Å². The van der Waals surface area contributed by atoms with Gasteiger partial charge in [-0.25, -0.2) is 4.98 Å². The van der Waals surface area contributed by atoms with Crippen LogP contribution in [0.3, 0.4) is 0 Å². The van der Waals surface area contributed by atoms with Crippen molar-refractivity contribution in [3.8, 4) is 22.8 Å². The van der Waals surface area contributed by atoms with E-state index >= 15 is 0 Å². The Balaban J connectivity index is 1.51. The Kier molecular flexibility index (Phi) is 4.66. The lowest BCUT2D eigenvalue weighted by Gasteiger charge is -2.10. The van der Waals surface area contributed by atoms with Gasteiger partial charge in [0.2, 0.25) is 5.95 Å². The topological polar surface area (TPSA) is 73.1 Å². The molecule has 0 atom stereocenters. The van der Waals surface area contributed by atoms with Crippen LogP contribution in [0.4, 0.5) is 17.5 Å². The van der Waals surface area contributed by atoms with E-state index in [0.29, 0.717) is 5.82 Å². The van der Waals surface area contributed by atoms with Crippen LogP contribution in [-0.2, 0) is 0 Å². The zero-order valence-electron chi connectivity index (χ0n) is 14.5. The van der Waals surface area contributed by atoms with Crippen molar-refractivity contribution in [1.82, 2.24) is 9.97 Å². The second-order valence-corrected chi connectivity index (χ2v) is 5.93. The van der Waals surface area contributed by atoms with E-state index < -0.39 is 0 Å². The highest BCUT2D eigenvalue weighted by Crippen LogP contribution is 2.26. The fourth-order valence-electron chi connectivity index (χ4n) is 2.67. The smallest absolute Gasteiger partial charge is 0.222 e. The fourth-order valence-corrected chi connectivity index (χ4v) is 2.67. The summed E-state index contributed by atoms with van der Waals surface area (Å²) in [4.78, 5) is 8.58. The second kappa shape index (κ2) is 7.58. The normalized spacial score (nSPS) is 10.4. The van der Waals surface area contributed by atoms with Gasteiger partial charge in [-0.15, -0.1) is 0 Å². The maximum absolute atomic E-state index is 5.88. The number of rotatable bonds is 5. The van der Waals surface area contributed by atoms with Crippen molar-refractivity contribution in [2.45, 2.75) is 0 Å². The molecule has 1 aromatic heterocycles. The van der Waals surface area contributed by atoms with Gasteiger partial charge in [0.25, 0.3) is 0 Å². The van der Waals surface area contributed by atoms with Crippen molar-refractivity contribution in [2.24, 2.45) is 0 Å².